The van der Waals surface area contributed by atoms with Crippen molar-refractivity contribution in [3.8, 4) is 0 Å². The fourth-order valence-electron chi connectivity index (χ4n) is 3.43. The number of rotatable bonds is 7. The summed E-state index contributed by atoms with van der Waals surface area (Å²) in [6.07, 6.45) is -1.95. The van der Waals surface area contributed by atoms with Gasteiger partial charge in [0.15, 0.2) is 0 Å². The first kappa shape index (κ1) is 20.9. The molecule has 0 radical (unpaired) electrons. The number of carbonyl (C=O) groups is 1. The lowest BCUT2D eigenvalue weighted by Gasteiger charge is -2.18. The van der Waals surface area contributed by atoms with E-state index < -0.39 is 11.7 Å². The molecular weight excluding hydrogens is 381 g/mol. The molecule has 0 bridgehead atoms. The van der Waals surface area contributed by atoms with Crippen molar-refractivity contribution in [2.45, 2.75) is 39.1 Å². The van der Waals surface area contributed by atoms with Crippen LogP contribution in [-0.2, 0) is 28.7 Å². The van der Waals surface area contributed by atoms with Crippen LogP contribution >= 0.6 is 0 Å². The molecule has 0 unspecified atom stereocenters. The molecule has 0 aliphatic rings. The molecule has 0 spiro atoms. The van der Waals surface area contributed by atoms with E-state index >= 15 is 0 Å². The van der Waals surface area contributed by atoms with Crippen molar-refractivity contribution in [1.82, 2.24) is 10.3 Å². The fraction of sp³-hybridized carbons (Fsp3) is 0.318. The molecule has 1 amide bonds. The van der Waals surface area contributed by atoms with E-state index in [0.29, 0.717) is 17.5 Å². The topological polar surface area (TPSA) is 54.1 Å². The van der Waals surface area contributed by atoms with Crippen molar-refractivity contribution in [3.63, 3.8) is 0 Å². The maximum atomic E-state index is 13.0. The number of benzene rings is 2. The molecule has 7 heteroatoms. The SMILES string of the molecule is CC(=O)N[C@@H](COCc1cc(C)cc(C(F)(F)F)c1)Cc1c[nH]c2ccccc12. The number of aromatic amines is 1. The standard InChI is InChI=1S/C22H23F3N2O2/c1-14-7-16(9-18(8-14)22(23,24)25)12-29-13-19(27-15(2)28)10-17-11-26-21-6-4-3-5-20(17)21/h3-9,11,19,26H,10,12-13H2,1-2H3,(H,27,28)/t19-/m1/s1. The molecule has 1 atom stereocenters. The zero-order valence-corrected chi connectivity index (χ0v) is 16.3. The number of nitrogens with one attached hydrogen (secondary N) is 2. The Balaban J connectivity index is 1.67. The molecule has 2 aromatic carbocycles. The molecule has 0 saturated carbocycles. The first-order valence-corrected chi connectivity index (χ1v) is 9.30. The maximum Gasteiger partial charge on any atom is 0.416 e. The highest BCUT2D eigenvalue weighted by molar-refractivity contribution is 5.83. The Morgan fingerprint density at radius 3 is 2.69 bits per heavy atom. The van der Waals surface area contributed by atoms with Crippen LogP contribution in [0.2, 0.25) is 0 Å². The number of fused-ring (bicyclic) bond motifs is 1. The molecule has 29 heavy (non-hydrogen) atoms. The minimum Gasteiger partial charge on any atom is -0.375 e. The Morgan fingerprint density at radius 2 is 1.97 bits per heavy atom. The van der Waals surface area contributed by atoms with Crippen molar-refractivity contribution >= 4 is 16.8 Å². The Kier molecular flexibility index (Phi) is 6.27. The van der Waals surface area contributed by atoms with Gasteiger partial charge in [-0.15, -0.1) is 0 Å². The lowest BCUT2D eigenvalue weighted by molar-refractivity contribution is -0.137. The largest absolute Gasteiger partial charge is 0.416 e. The second kappa shape index (κ2) is 8.69. The monoisotopic (exact) mass is 404 g/mol. The summed E-state index contributed by atoms with van der Waals surface area (Å²) in [6, 6.07) is 11.4. The van der Waals surface area contributed by atoms with E-state index in [-0.39, 0.29) is 25.2 Å². The van der Waals surface area contributed by atoms with Crippen LogP contribution in [-0.4, -0.2) is 23.5 Å². The van der Waals surface area contributed by atoms with Crippen LogP contribution in [0.3, 0.4) is 0 Å². The first-order valence-electron chi connectivity index (χ1n) is 9.30. The average Bonchev–Trinajstić information content (AvgIpc) is 3.03. The highest BCUT2D eigenvalue weighted by Gasteiger charge is 2.30. The van der Waals surface area contributed by atoms with Crippen molar-refractivity contribution in [1.29, 1.82) is 0 Å². The van der Waals surface area contributed by atoms with Gasteiger partial charge in [0, 0.05) is 24.0 Å². The maximum absolute atomic E-state index is 13.0. The molecule has 0 fully saturated rings. The van der Waals surface area contributed by atoms with Gasteiger partial charge in [-0.1, -0.05) is 29.8 Å². The summed E-state index contributed by atoms with van der Waals surface area (Å²) in [5.41, 5.74) is 2.33. The molecule has 0 saturated heterocycles. The first-order chi connectivity index (χ1) is 13.7. The summed E-state index contributed by atoms with van der Waals surface area (Å²) in [5.74, 6) is -0.187. The number of para-hydroxylation sites is 1. The third-order valence-corrected chi connectivity index (χ3v) is 4.60. The van der Waals surface area contributed by atoms with Crippen molar-refractivity contribution in [3.05, 3.63) is 70.9 Å². The fourth-order valence-corrected chi connectivity index (χ4v) is 3.43. The van der Waals surface area contributed by atoms with Gasteiger partial charge >= 0.3 is 6.18 Å². The third kappa shape index (κ3) is 5.60. The number of amides is 1. The predicted molar refractivity (Wildman–Crippen MR) is 105 cm³/mol. The number of carbonyl (C=O) groups excluding carboxylic acids is 1. The molecule has 3 aromatic rings. The summed E-state index contributed by atoms with van der Waals surface area (Å²) in [6.45, 7) is 3.28. The van der Waals surface area contributed by atoms with Gasteiger partial charge in [-0.2, -0.15) is 13.2 Å². The quantitative estimate of drug-likeness (QED) is 0.597. The smallest absolute Gasteiger partial charge is 0.375 e. The third-order valence-electron chi connectivity index (χ3n) is 4.60. The van der Waals surface area contributed by atoms with E-state index in [1.165, 1.54) is 6.92 Å². The second-order valence-corrected chi connectivity index (χ2v) is 7.18. The van der Waals surface area contributed by atoms with Gasteiger partial charge in [0.05, 0.1) is 24.8 Å². The van der Waals surface area contributed by atoms with E-state index in [9.17, 15) is 18.0 Å². The Morgan fingerprint density at radius 1 is 1.21 bits per heavy atom. The number of aromatic nitrogens is 1. The predicted octanol–water partition coefficient (Wildman–Crippen LogP) is 4.76. The number of H-pyrrole nitrogens is 1. The van der Waals surface area contributed by atoms with Crippen molar-refractivity contribution in [2.75, 3.05) is 6.61 Å². The number of halogens is 3. The minimum absolute atomic E-state index is 0.0364. The van der Waals surface area contributed by atoms with Crippen LogP contribution in [0.15, 0.2) is 48.7 Å². The molecule has 3 rings (SSSR count). The van der Waals surface area contributed by atoms with Crippen LogP contribution in [0.1, 0.15) is 29.2 Å². The minimum atomic E-state index is -4.39. The van der Waals surface area contributed by atoms with Crippen LogP contribution in [0, 0.1) is 6.92 Å². The van der Waals surface area contributed by atoms with Gasteiger partial charge in [0.1, 0.15) is 0 Å². The Labute approximate surface area is 167 Å². The number of aryl methyl sites for hydroxylation is 1. The summed E-state index contributed by atoms with van der Waals surface area (Å²) < 4.78 is 44.6. The zero-order valence-electron chi connectivity index (χ0n) is 16.3. The number of ether oxygens (including phenoxy) is 1. The van der Waals surface area contributed by atoms with Gasteiger partial charge in [0.2, 0.25) is 5.91 Å². The highest BCUT2D eigenvalue weighted by Crippen LogP contribution is 2.30. The molecule has 4 nitrogen and oxygen atoms in total. The molecule has 2 N–H and O–H groups in total. The Hall–Kier alpha value is -2.80. The second-order valence-electron chi connectivity index (χ2n) is 7.18. The van der Waals surface area contributed by atoms with E-state index in [1.54, 1.807) is 13.0 Å². The molecule has 0 aliphatic carbocycles. The van der Waals surface area contributed by atoms with E-state index in [0.717, 1.165) is 28.6 Å². The average molecular weight is 404 g/mol. The number of hydrogen-bond acceptors (Lipinski definition) is 2. The summed E-state index contributed by atoms with van der Waals surface area (Å²) in [5, 5.41) is 3.92. The zero-order chi connectivity index (χ0) is 21.0. The normalized spacial score (nSPS) is 12.9. The number of hydrogen-bond donors (Lipinski definition) is 2. The molecular formula is C22H23F3N2O2. The van der Waals surface area contributed by atoms with Gasteiger partial charge < -0.3 is 15.0 Å². The van der Waals surface area contributed by atoms with Crippen molar-refractivity contribution < 1.29 is 22.7 Å². The van der Waals surface area contributed by atoms with Gasteiger partial charge in [-0.25, -0.2) is 0 Å². The summed E-state index contributed by atoms with van der Waals surface area (Å²) in [7, 11) is 0. The summed E-state index contributed by atoms with van der Waals surface area (Å²) >= 11 is 0. The van der Waals surface area contributed by atoms with Crippen LogP contribution in [0.5, 0.6) is 0 Å². The lowest BCUT2D eigenvalue weighted by atomic mass is 10.1. The van der Waals surface area contributed by atoms with Crippen LogP contribution < -0.4 is 5.32 Å². The highest BCUT2D eigenvalue weighted by atomic mass is 19.4. The Bertz CT molecular complexity index is 995. The molecule has 1 heterocycles. The molecule has 154 valence electrons. The van der Waals surface area contributed by atoms with Crippen molar-refractivity contribution in [2.24, 2.45) is 0 Å². The van der Waals surface area contributed by atoms with E-state index in [2.05, 4.69) is 10.3 Å². The van der Waals surface area contributed by atoms with E-state index in [4.69, 9.17) is 4.74 Å². The van der Waals surface area contributed by atoms with Gasteiger partial charge in [0.25, 0.3) is 0 Å². The van der Waals surface area contributed by atoms with E-state index in [1.807, 2.05) is 30.5 Å². The van der Waals surface area contributed by atoms with Gasteiger partial charge in [-0.05, 0) is 42.7 Å². The van der Waals surface area contributed by atoms with Gasteiger partial charge in [-0.3, -0.25) is 4.79 Å². The molecule has 0 aliphatic heterocycles. The lowest BCUT2D eigenvalue weighted by Crippen LogP contribution is -2.38. The summed E-state index contributed by atoms with van der Waals surface area (Å²) in [4.78, 5) is 14.8. The van der Waals surface area contributed by atoms with Crippen LogP contribution in [0.4, 0.5) is 13.2 Å². The number of alkyl halides is 3. The van der Waals surface area contributed by atoms with Crippen LogP contribution in [0.25, 0.3) is 10.9 Å². The molecule has 1 aromatic heterocycles.